The molecular weight excluding hydrogens is 410 g/mol. The average molecular weight is 432 g/mol. The van der Waals surface area contributed by atoms with Crippen LogP contribution in [0.15, 0.2) is 40.2 Å². The van der Waals surface area contributed by atoms with E-state index in [4.69, 9.17) is 0 Å². The maximum atomic E-state index is 4.45. The smallest absolute Gasteiger partial charge is 0.173 e. The van der Waals surface area contributed by atoms with Crippen molar-refractivity contribution in [3.05, 3.63) is 62.0 Å². The topological polar surface area (TPSA) is 46.8 Å². The molecule has 0 amide bonds. The summed E-state index contributed by atoms with van der Waals surface area (Å²) < 4.78 is 3.04. The van der Waals surface area contributed by atoms with Crippen LogP contribution in [0.25, 0.3) is 0 Å². The van der Waals surface area contributed by atoms with E-state index < -0.39 is 0 Å². The van der Waals surface area contributed by atoms with Crippen molar-refractivity contribution in [1.82, 2.24) is 25.1 Å². The van der Waals surface area contributed by atoms with Crippen LogP contribution in [-0.2, 0) is 18.5 Å². The summed E-state index contributed by atoms with van der Waals surface area (Å²) in [4.78, 5) is 4.00. The van der Waals surface area contributed by atoms with Crippen LogP contribution in [0.1, 0.15) is 48.6 Å². The summed E-state index contributed by atoms with van der Waals surface area (Å²) in [6.07, 6.45) is 1.08. The highest BCUT2D eigenvalue weighted by atomic mass is 79.9. The number of fused-ring (bicyclic) bond motifs is 1. The highest BCUT2D eigenvalue weighted by Gasteiger charge is 2.33. The molecule has 0 spiro atoms. The van der Waals surface area contributed by atoms with E-state index >= 15 is 0 Å². The minimum absolute atomic E-state index is 0.0328. The maximum Gasteiger partial charge on any atom is 0.173 e. The summed E-state index contributed by atoms with van der Waals surface area (Å²) in [7, 11) is 0. The maximum absolute atomic E-state index is 4.45. The van der Waals surface area contributed by atoms with Gasteiger partial charge in [0.05, 0.1) is 11.6 Å². The van der Waals surface area contributed by atoms with Crippen LogP contribution in [0.2, 0.25) is 0 Å². The third-order valence-corrected chi connectivity index (χ3v) is 6.31. The average Bonchev–Trinajstić information content (AvgIpc) is 3.25. The van der Waals surface area contributed by atoms with Crippen molar-refractivity contribution >= 4 is 27.3 Å². The monoisotopic (exact) mass is 431 g/mol. The summed E-state index contributed by atoms with van der Waals surface area (Å²) in [5.74, 6) is 0.901. The molecule has 26 heavy (non-hydrogen) atoms. The van der Waals surface area contributed by atoms with E-state index in [9.17, 15) is 0 Å². The molecular formula is C19H22BrN5S. The van der Waals surface area contributed by atoms with Gasteiger partial charge < -0.3 is 0 Å². The van der Waals surface area contributed by atoms with Gasteiger partial charge in [0.25, 0.3) is 0 Å². The zero-order chi connectivity index (χ0) is 18.3. The van der Waals surface area contributed by atoms with Crippen molar-refractivity contribution in [1.29, 1.82) is 0 Å². The van der Waals surface area contributed by atoms with Gasteiger partial charge >= 0.3 is 0 Å². The predicted octanol–water partition coefficient (Wildman–Crippen LogP) is 4.40. The van der Waals surface area contributed by atoms with Gasteiger partial charge in [0, 0.05) is 22.4 Å². The fourth-order valence-electron chi connectivity index (χ4n) is 3.50. The van der Waals surface area contributed by atoms with E-state index in [2.05, 4.69) is 92.8 Å². The molecule has 5 nitrogen and oxygen atoms in total. The minimum atomic E-state index is -0.171. The highest BCUT2D eigenvalue weighted by molar-refractivity contribution is 9.10. The molecule has 2 aromatic heterocycles. The van der Waals surface area contributed by atoms with Gasteiger partial charge in [-0.25, -0.2) is 4.68 Å². The second-order valence-corrected chi connectivity index (χ2v) is 9.58. The number of benzene rings is 1. The van der Waals surface area contributed by atoms with Gasteiger partial charge in [-0.1, -0.05) is 28.1 Å². The standard InChI is InChI=1S/C19H22BrN5S/c1-19(2,3)25-18(21-22-23-25)17(13-4-6-15(20)7-5-13)24-10-8-16-14(12-24)9-11-26-16/h4-7,9,11,17H,8,10,12H2,1-3H3. The Morgan fingerprint density at radius 1 is 1.15 bits per heavy atom. The number of hydrogen-bond donors (Lipinski definition) is 0. The first-order valence-electron chi connectivity index (χ1n) is 8.77. The van der Waals surface area contributed by atoms with Crippen LogP contribution in [-0.4, -0.2) is 31.7 Å². The van der Waals surface area contributed by atoms with Gasteiger partial charge in [-0.2, -0.15) is 0 Å². The van der Waals surface area contributed by atoms with Gasteiger partial charge in [0.2, 0.25) is 0 Å². The number of aromatic nitrogens is 4. The first-order chi connectivity index (χ1) is 12.4. The quantitative estimate of drug-likeness (QED) is 0.616. The highest BCUT2D eigenvalue weighted by Crippen LogP contribution is 2.35. The Balaban J connectivity index is 1.78. The van der Waals surface area contributed by atoms with Gasteiger partial charge in [0.15, 0.2) is 5.82 Å². The lowest BCUT2D eigenvalue weighted by Gasteiger charge is -2.35. The SMILES string of the molecule is CC(C)(C)n1nnnc1C(c1ccc(Br)cc1)N1CCc2sccc2C1. The minimum Gasteiger partial charge on any atom is -0.285 e. The zero-order valence-corrected chi connectivity index (χ0v) is 17.6. The summed E-state index contributed by atoms with van der Waals surface area (Å²) in [6, 6.07) is 10.8. The zero-order valence-electron chi connectivity index (χ0n) is 15.2. The summed E-state index contributed by atoms with van der Waals surface area (Å²) in [5.41, 5.74) is 2.47. The second-order valence-electron chi connectivity index (χ2n) is 7.66. The first-order valence-corrected chi connectivity index (χ1v) is 10.4. The van der Waals surface area contributed by atoms with Crippen molar-refractivity contribution in [2.45, 2.75) is 45.3 Å². The molecule has 0 fully saturated rings. The molecule has 4 rings (SSSR count). The second kappa shape index (κ2) is 6.87. The van der Waals surface area contributed by atoms with Gasteiger partial charge in [-0.15, -0.1) is 16.4 Å². The number of thiophene rings is 1. The summed E-state index contributed by atoms with van der Waals surface area (Å²) >= 11 is 5.41. The van der Waals surface area contributed by atoms with Crippen LogP contribution in [0.4, 0.5) is 0 Å². The Kier molecular flexibility index (Phi) is 4.71. The normalized spacial score (nSPS) is 16.5. The molecule has 1 aliphatic rings. The predicted molar refractivity (Wildman–Crippen MR) is 107 cm³/mol. The van der Waals surface area contributed by atoms with E-state index in [1.54, 1.807) is 0 Å². The Bertz CT molecular complexity index is 893. The summed E-state index contributed by atoms with van der Waals surface area (Å²) in [6.45, 7) is 8.35. The lowest BCUT2D eigenvalue weighted by Crippen LogP contribution is -2.37. The molecule has 1 atom stereocenters. The first kappa shape index (κ1) is 17.8. The van der Waals surface area contributed by atoms with Gasteiger partial charge in [-0.05, 0) is 72.3 Å². The Morgan fingerprint density at radius 3 is 2.65 bits per heavy atom. The van der Waals surface area contributed by atoms with Crippen LogP contribution in [0, 0.1) is 0 Å². The molecule has 136 valence electrons. The van der Waals surface area contributed by atoms with Gasteiger partial charge in [-0.3, -0.25) is 4.90 Å². The third-order valence-electron chi connectivity index (χ3n) is 4.76. The number of nitrogens with zero attached hydrogens (tertiary/aromatic N) is 5. The van der Waals surface area contributed by atoms with Crippen molar-refractivity contribution in [3.63, 3.8) is 0 Å². The lowest BCUT2D eigenvalue weighted by molar-refractivity contribution is 0.187. The lowest BCUT2D eigenvalue weighted by atomic mass is 9.99. The van der Waals surface area contributed by atoms with Gasteiger partial charge in [0.1, 0.15) is 0 Å². The number of tetrazole rings is 1. The molecule has 0 aliphatic carbocycles. The molecule has 0 bridgehead atoms. The molecule has 1 unspecified atom stereocenters. The van der Waals surface area contributed by atoms with Crippen LogP contribution in [0.3, 0.4) is 0 Å². The molecule has 3 aromatic rings. The van der Waals surface area contributed by atoms with E-state index in [1.807, 2.05) is 16.0 Å². The molecule has 7 heteroatoms. The number of rotatable bonds is 3. The fourth-order valence-corrected chi connectivity index (χ4v) is 4.66. The number of hydrogen-bond acceptors (Lipinski definition) is 5. The van der Waals surface area contributed by atoms with Crippen LogP contribution >= 0.6 is 27.3 Å². The fraction of sp³-hybridized carbons (Fsp3) is 0.421. The van der Waals surface area contributed by atoms with E-state index in [0.717, 1.165) is 29.8 Å². The van der Waals surface area contributed by atoms with Crippen molar-refractivity contribution in [3.8, 4) is 0 Å². The third kappa shape index (κ3) is 3.35. The molecule has 0 radical (unpaired) electrons. The van der Waals surface area contributed by atoms with E-state index in [-0.39, 0.29) is 11.6 Å². The van der Waals surface area contributed by atoms with Crippen LogP contribution in [0.5, 0.6) is 0 Å². The molecule has 0 saturated carbocycles. The molecule has 3 heterocycles. The molecule has 1 aliphatic heterocycles. The van der Waals surface area contributed by atoms with Crippen LogP contribution < -0.4 is 0 Å². The number of halogens is 1. The van der Waals surface area contributed by atoms with E-state index in [1.165, 1.54) is 16.0 Å². The summed E-state index contributed by atoms with van der Waals surface area (Å²) in [5, 5.41) is 15.0. The molecule has 1 aromatic carbocycles. The molecule has 0 N–H and O–H groups in total. The van der Waals surface area contributed by atoms with E-state index in [0.29, 0.717) is 0 Å². The Labute approximate surface area is 166 Å². The Morgan fingerprint density at radius 2 is 1.92 bits per heavy atom. The van der Waals surface area contributed by atoms with Crippen molar-refractivity contribution in [2.24, 2.45) is 0 Å². The van der Waals surface area contributed by atoms with Crippen molar-refractivity contribution < 1.29 is 0 Å². The Hall–Kier alpha value is -1.57. The molecule has 0 saturated heterocycles. The largest absolute Gasteiger partial charge is 0.285 e. The van der Waals surface area contributed by atoms with Crippen molar-refractivity contribution in [2.75, 3.05) is 6.54 Å².